The first kappa shape index (κ1) is 9.80. The zero-order chi connectivity index (χ0) is 10.7. The van der Waals surface area contributed by atoms with E-state index in [1.165, 1.54) is 0 Å². The lowest BCUT2D eigenvalue weighted by Gasteiger charge is -2.03. The lowest BCUT2D eigenvalue weighted by atomic mass is 10.1. The lowest BCUT2D eigenvalue weighted by molar-refractivity contribution is 0.112. The summed E-state index contributed by atoms with van der Waals surface area (Å²) in [5, 5.41) is 0.571. The molecule has 0 aliphatic heterocycles. The molecule has 3 nitrogen and oxygen atoms in total. The molecular formula is C11H7ClN2O. The van der Waals surface area contributed by atoms with Crippen molar-refractivity contribution in [1.29, 1.82) is 0 Å². The SMILES string of the molecule is O=Cc1ccc(Cl)cc1-c1cnccn1. The van der Waals surface area contributed by atoms with Crippen LogP contribution in [0.5, 0.6) is 0 Å². The monoisotopic (exact) mass is 218 g/mol. The smallest absolute Gasteiger partial charge is 0.150 e. The number of hydrogen-bond acceptors (Lipinski definition) is 3. The van der Waals surface area contributed by atoms with E-state index in [4.69, 9.17) is 11.6 Å². The summed E-state index contributed by atoms with van der Waals surface area (Å²) < 4.78 is 0. The van der Waals surface area contributed by atoms with Gasteiger partial charge in [-0.2, -0.15) is 0 Å². The van der Waals surface area contributed by atoms with E-state index in [0.29, 0.717) is 21.8 Å². The standard InChI is InChI=1S/C11H7ClN2O/c12-9-2-1-8(7-15)10(5-9)11-6-13-3-4-14-11/h1-7H. The summed E-state index contributed by atoms with van der Waals surface area (Å²) in [5.41, 5.74) is 1.90. The average Bonchev–Trinajstić information content (AvgIpc) is 2.30. The van der Waals surface area contributed by atoms with Crippen molar-refractivity contribution in [2.75, 3.05) is 0 Å². The van der Waals surface area contributed by atoms with E-state index >= 15 is 0 Å². The van der Waals surface area contributed by atoms with Gasteiger partial charge in [0.1, 0.15) is 0 Å². The van der Waals surface area contributed by atoms with Gasteiger partial charge in [0.25, 0.3) is 0 Å². The Morgan fingerprint density at radius 2 is 2.13 bits per heavy atom. The molecule has 0 spiro atoms. The van der Waals surface area contributed by atoms with Crippen LogP contribution in [0.1, 0.15) is 10.4 Å². The van der Waals surface area contributed by atoms with Gasteiger partial charge in [0.2, 0.25) is 0 Å². The van der Waals surface area contributed by atoms with Crippen molar-refractivity contribution in [3.8, 4) is 11.3 Å². The van der Waals surface area contributed by atoms with E-state index in [1.54, 1.807) is 36.8 Å². The van der Waals surface area contributed by atoms with Gasteiger partial charge in [-0.1, -0.05) is 11.6 Å². The molecule has 0 aliphatic rings. The molecule has 0 amide bonds. The van der Waals surface area contributed by atoms with Crippen LogP contribution in [-0.2, 0) is 0 Å². The van der Waals surface area contributed by atoms with Gasteiger partial charge >= 0.3 is 0 Å². The van der Waals surface area contributed by atoms with Crippen LogP contribution in [0, 0.1) is 0 Å². The summed E-state index contributed by atoms with van der Waals surface area (Å²) in [7, 11) is 0. The molecule has 0 unspecified atom stereocenters. The second-order valence-corrected chi connectivity index (χ2v) is 3.38. The number of rotatable bonds is 2. The van der Waals surface area contributed by atoms with Crippen molar-refractivity contribution in [2.24, 2.45) is 0 Å². The van der Waals surface area contributed by atoms with Gasteiger partial charge in [0, 0.05) is 28.5 Å². The Balaban J connectivity index is 2.61. The Morgan fingerprint density at radius 1 is 1.27 bits per heavy atom. The maximum Gasteiger partial charge on any atom is 0.150 e. The van der Waals surface area contributed by atoms with Crippen LogP contribution < -0.4 is 0 Å². The molecule has 1 heterocycles. The Morgan fingerprint density at radius 3 is 2.80 bits per heavy atom. The second kappa shape index (κ2) is 4.19. The van der Waals surface area contributed by atoms with E-state index in [0.717, 1.165) is 6.29 Å². The van der Waals surface area contributed by atoms with Gasteiger partial charge in [-0.15, -0.1) is 0 Å². The zero-order valence-electron chi connectivity index (χ0n) is 7.72. The fourth-order valence-corrected chi connectivity index (χ4v) is 1.46. The number of halogens is 1. The number of nitrogens with zero attached hydrogens (tertiary/aromatic N) is 2. The Bertz CT molecular complexity index is 485. The second-order valence-electron chi connectivity index (χ2n) is 2.94. The third-order valence-corrected chi connectivity index (χ3v) is 2.22. The van der Waals surface area contributed by atoms with Gasteiger partial charge in [-0.05, 0) is 18.2 Å². The predicted octanol–water partition coefficient (Wildman–Crippen LogP) is 2.61. The van der Waals surface area contributed by atoms with Crippen LogP contribution in [0.2, 0.25) is 5.02 Å². The average molecular weight is 219 g/mol. The third kappa shape index (κ3) is 2.02. The molecule has 0 radical (unpaired) electrons. The van der Waals surface area contributed by atoms with Gasteiger partial charge in [0.05, 0.1) is 11.9 Å². The van der Waals surface area contributed by atoms with Gasteiger partial charge in [-0.25, -0.2) is 0 Å². The molecule has 0 bridgehead atoms. The highest BCUT2D eigenvalue weighted by Gasteiger charge is 2.06. The topological polar surface area (TPSA) is 42.9 Å². The third-order valence-electron chi connectivity index (χ3n) is 1.98. The minimum atomic E-state index is 0.555. The Labute approximate surface area is 91.8 Å². The van der Waals surface area contributed by atoms with Crippen molar-refractivity contribution >= 4 is 17.9 Å². The Kier molecular flexibility index (Phi) is 2.74. The first-order valence-electron chi connectivity index (χ1n) is 4.32. The first-order chi connectivity index (χ1) is 7.31. The molecule has 0 aliphatic carbocycles. The molecule has 1 aromatic heterocycles. The predicted molar refractivity (Wildman–Crippen MR) is 57.9 cm³/mol. The molecule has 0 saturated heterocycles. The highest BCUT2D eigenvalue weighted by atomic mass is 35.5. The van der Waals surface area contributed by atoms with Crippen LogP contribution >= 0.6 is 11.6 Å². The van der Waals surface area contributed by atoms with E-state index in [2.05, 4.69) is 9.97 Å². The van der Waals surface area contributed by atoms with Crippen molar-refractivity contribution in [3.05, 3.63) is 47.4 Å². The largest absolute Gasteiger partial charge is 0.298 e. The first-order valence-corrected chi connectivity index (χ1v) is 4.70. The fourth-order valence-electron chi connectivity index (χ4n) is 1.29. The normalized spacial score (nSPS) is 9.93. The molecule has 0 fully saturated rings. The highest BCUT2D eigenvalue weighted by Crippen LogP contribution is 2.23. The summed E-state index contributed by atoms with van der Waals surface area (Å²) >= 11 is 5.86. The molecule has 0 saturated carbocycles. The summed E-state index contributed by atoms with van der Waals surface area (Å²) in [6.45, 7) is 0. The molecule has 15 heavy (non-hydrogen) atoms. The lowest BCUT2D eigenvalue weighted by Crippen LogP contribution is -1.90. The minimum Gasteiger partial charge on any atom is -0.298 e. The van der Waals surface area contributed by atoms with Gasteiger partial charge < -0.3 is 0 Å². The highest BCUT2D eigenvalue weighted by molar-refractivity contribution is 6.31. The van der Waals surface area contributed by atoms with Gasteiger partial charge in [0.15, 0.2) is 6.29 Å². The maximum absolute atomic E-state index is 10.8. The number of hydrogen-bond donors (Lipinski definition) is 0. The van der Waals surface area contributed by atoms with E-state index in [9.17, 15) is 4.79 Å². The molecule has 2 aromatic rings. The summed E-state index contributed by atoms with van der Waals surface area (Å²) in [6, 6.07) is 5.04. The molecule has 74 valence electrons. The molecule has 0 atom stereocenters. The number of aldehydes is 1. The van der Waals surface area contributed by atoms with Crippen molar-refractivity contribution in [3.63, 3.8) is 0 Å². The summed E-state index contributed by atoms with van der Waals surface area (Å²) in [5.74, 6) is 0. The van der Waals surface area contributed by atoms with Crippen LogP contribution in [0.15, 0.2) is 36.8 Å². The number of carbonyl (C=O) groups is 1. The van der Waals surface area contributed by atoms with Crippen molar-refractivity contribution in [1.82, 2.24) is 9.97 Å². The minimum absolute atomic E-state index is 0.555. The van der Waals surface area contributed by atoms with E-state index in [1.807, 2.05) is 0 Å². The van der Waals surface area contributed by atoms with E-state index < -0.39 is 0 Å². The van der Waals surface area contributed by atoms with E-state index in [-0.39, 0.29) is 0 Å². The van der Waals surface area contributed by atoms with Crippen molar-refractivity contribution in [2.45, 2.75) is 0 Å². The zero-order valence-corrected chi connectivity index (χ0v) is 8.48. The molecule has 2 rings (SSSR count). The molecule has 4 heteroatoms. The summed E-state index contributed by atoms with van der Waals surface area (Å²) in [4.78, 5) is 18.9. The Hall–Kier alpha value is -1.74. The van der Waals surface area contributed by atoms with Crippen LogP contribution in [0.4, 0.5) is 0 Å². The molecular weight excluding hydrogens is 212 g/mol. The molecule has 0 N–H and O–H groups in total. The van der Waals surface area contributed by atoms with Crippen LogP contribution in [-0.4, -0.2) is 16.3 Å². The summed E-state index contributed by atoms with van der Waals surface area (Å²) in [6.07, 6.45) is 5.53. The number of benzene rings is 1. The number of aromatic nitrogens is 2. The quantitative estimate of drug-likeness (QED) is 0.728. The fraction of sp³-hybridized carbons (Fsp3) is 0. The maximum atomic E-state index is 10.8. The van der Waals surface area contributed by atoms with Crippen LogP contribution in [0.25, 0.3) is 11.3 Å². The number of carbonyl (C=O) groups excluding carboxylic acids is 1. The van der Waals surface area contributed by atoms with Crippen molar-refractivity contribution < 1.29 is 4.79 Å². The van der Waals surface area contributed by atoms with Crippen LogP contribution in [0.3, 0.4) is 0 Å². The van der Waals surface area contributed by atoms with Gasteiger partial charge in [-0.3, -0.25) is 14.8 Å². The molecule has 1 aromatic carbocycles.